The van der Waals surface area contributed by atoms with Gasteiger partial charge in [0, 0.05) is 31.7 Å². The van der Waals surface area contributed by atoms with Crippen LogP contribution in [0.3, 0.4) is 0 Å². The highest BCUT2D eigenvalue weighted by Gasteiger charge is 2.53. The second-order valence-corrected chi connectivity index (χ2v) is 13.8. The van der Waals surface area contributed by atoms with Gasteiger partial charge in [0.15, 0.2) is 0 Å². The summed E-state index contributed by atoms with van der Waals surface area (Å²) in [5.41, 5.74) is 0. The van der Waals surface area contributed by atoms with E-state index in [4.69, 9.17) is 4.43 Å². The lowest BCUT2D eigenvalue weighted by Crippen LogP contribution is -2.67. The summed E-state index contributed by atoms with van der Waals surface area (Å²) in [6.07, 6.45) is -1.37. The first kappa shape index (κ1) is 20.7. The van der Waals surface area contributed by atoms with E-state index in [2.05, 4.69) is 69.3 Å². The van der Waals surface area contributed by atoms with Gasteiger partial charge in [-0.25, -0.2) is 8.78 Å². The highest BCUT2D eigenvalue weighted by atomic mass is 28.4. The second kappa shape index (κ2) is 7.93. The summed E-state index contributed by atoms with van der Waals surface area (Å²) in [4.78, 5) is 1.98. The third kappa shape index (κ3) is 3.69. The van der Waals surface area contributed by atoms with Crippen LogP contribution < -0.4 is 10.4 Å². The fourth-order valence-electron chi connectivity index (χ4n) is 5.33. The molecule has 0 saturated carbocycles. The molecule has 4 unspecified atom stereocenters. The van der Waals surface area contributed by atoms with Gasteiger partial charge >= 0.3 is 0 Å². The topological polar surface area (TPSA) is 12.5 Å². The number of benzene rings is 2. The lowest BCUT2D eigenvalue weighted by molar-refractivity contribution is 0.155. The van der Waals surface area contributed by atoms with Crippen LogP contribution in [0.4, 0.5) is 8.78 Å². The summed E-state index contributed by atoms with van der Waals surface area (Å²) in [6.45, 7) is 7.70. The fourth-order valence-corrected chi connectivity index (χ4v) is 9.93. The molecule has 0 aliphatic carbocycles. The fraction of sp³-hybridized carbons (Fsp3) is 0.500. The number of rotatable bonds is 5. The SMILES string of the molecule is CC(C)(C)[Si](OCC1C(F)CN2CC(F)CC12)(c1ccccc1)c1ccccc1. The van der Waals surface area contributed by atoms with Crippen molar-refractivity contribution < 1.29 is 13.2 Å². The third-order valence-corrected chi connectivity index (χ3v) is 11.7. The largest absolute Gasteiger partial charge is 0.407 e. The van der Waals surface area contributed by atoms with Crippen LogP contribution in [0.25, 0.3) is 0 Å². The minimum Gasteiger partial charge on any atom is -0.407 e. The van der Waals surface area contributed by atoms with Gasteiger partial charge in [0.25, 0.3) is 8.32 Å². The zero-order chi connectivity index (χ0) is 20.6. The Morgan fingerprint density at radius 3 is 2.00 bits per heavy atom. The number of halogens is 2. The van der Waals surface area contributed by atoms with Gasteiger partial charge in [-0.2, -0.15) is 0 Å². The molecule has 0 N–H and O–H groups in total. The van der Waals surface area contributed by atoms with Crippen LogP contribution in [0.2, 0.25) is 5.04 Å². The number of hydrogen-bond acceptors (Lipinski definition) is 2. The molecule has 2 aromatic carbocycles. The Balaban J connectivity index is 1.71. The van der Waals surface area contributed by atoms with Crippen molar-refractivity contribution in [2.45, 2.75) is 50.6 Å². The maximum Gasteiger partial charge on any atom is 0.261 e. The van der Waals surface area contributed by atoms with Crippen LogP contribution in [0.1, 0.15) is 27.2 Å². The molecule has 2 aliphatic heterocycles. The van der Waals surface area contributed by atoms with Gasteiger partial charge < -0.3 is 4.43 Å². The molecule has 0 bridgehead atoms. The molecule has 2 heterocycles. The first-order chi connectivity index (χ1) is 13.8. The Morgan fingerprint density at radius 2 is 1.48 bits per heavy atom. The molecule has 4 atom stereocenters. The summed E-state index contributed by atoms with van der Waals surface area (Å²) in [6, 6.07) is 20.8. The highest BCUT2D eigenvalue weighted by molar-refractivity contribution is 6.99. The molecular formula is C24H31F2NOSi. The Morgan fingerprint density at radius 1 is 0.931 bits per heavy atom. The van der Waals surface area contributed by atoms with E-state index in [1.165, 1.54) is 10.4 Å². The summed E-state index contributed by atoms with van der Waals surface area (Å²) in [7, 11) is -2.69. The minimum absolute atomic E-state index is 0.0433. The molecule has 2 saturated heterocycles. The van der Waals surface area contributed by atoms with Crippen LogP contribution in [-0.2, 0) is 4.43 Å². The van der Waals surface area contributed by atoms with Crippen molar-refractivity contribution in [2.75, 3.05) is 19.7 Å². The lowest BCUT2D eigenvalue weighted by atomic mass is 9.98. The van der Waals surface area contributed by atoms with Crippen molar-refractivity contribution in [3.8, 4) is 0 Å². The molecule has 156 valence electrons. The van der Waals surface area contributed by atoms with Crippen molar-refractivity contribution in [3.05, 3.63) is 60.7 Å². The lowest BCUT2D eigenvalue weighted by Gasteiger charge is -2.44. The van der Waals surface area contributed by atoms with Crippen LogP contribution in [0.15, 0.2) is 60.7 Å². The van der Waals surface area contributed by atoms with E-state index in [0.717, 1.165) is 0 Å². The van der Waals surface area contributed by atoms with Gasteiger partial charge in [-0.1, -0.05) is 81.4 Å². The molecule has 29 heavy (non-hydrogen) atoms. The average molecular weight is 416 g/mol. The van der Waals surface area contributed by atoms with Gasteiger partial charge in [0.05, 0.1) is 0 Å². The summed E-state index contributed by atoms with van der Waals surface area (Å²) >= 11 is 0. The second-order valence-electron chi connectivity index (χ2n) is 9.51. The highest BCUT2D eigenvalue weighted by Crippen LogP contribution is 2.40. The molecule has 2 fully saturated rings. The molecule has 0 spiro atoms. The molecule has 0 radical (unpaired) electrons. The van der Waals surface area contributed by atoms with Crippen LogP contribution >= 0.6 is 0 Å². The Labute approximate surface area is 174 Å². The quantitative estimate of drug-likeness (QED) is 0.686. The van der Waals surface area contributed by atoms with Crippen molar-refractivity contribution >= 4 is 18.7 Å². The third-order valence-electron chi connectivity index (χ3n) is 6.68. The smallest absolute Gasteiger partial charge is 0.261 e. The molecule has 2 aliphatic rings. The maximum atomic E-state index is 14.9. The van der Waals surface area contributed by atoms with Crippen LogP contribution in [0.5, 0.6) is 0 Å². The molecule has 2 nitrogen and oxygen atoms in total. The summed E-state index contributed by atoms with van der Waals surface area (Å²) in [5, 5.41) is 2.25. The van der Waals surface area contributed by atoms with Crippen LogP contribution in [0, 0.1) is 5.92 Å². The molecule has 0 amide bonds. The predicted molar refractivity (Wildman–Crippen MR) is 117 cm³/mol. The molecule has 2 aromatic rings. The monoisotopic (exact) mass is 415 g/mol. The number of nitrogens with zero attached hydrogens (tertiary/aromatic N) is 1. The summed E-state index contributed by atoms with van der Waals surface area (Å²) < 4.78 is 35.7. The van der Waals surface area contributed by atoms with Crippen molar-refractivity contribution in [3.63, 3.8) is 0 Å². The van der Waals surface area contributed by atoms with Crippen molar-refractivity contribution in [2.24, 2.45) is 5.92 Å². The number of alkyl halides is 2. The van der Waals surface area contributed by atoms with Gasteiger partial charge in [0.1, 0.15) is 12.3 Å². The van der Waals surface area contributed by atoms with Gasteiger partial charge in [0.2, 0.25) is 0 Å². The van der Waals surface area contributed by atoms with E-state index < -0.39 is 20.7 Å². The zero-order valence-electron chi connectivity index (χ0n) is 17.5. The zero-order valence-corrected chi connectivity index (χ0v) is 18.5. The number of fused-ring (bicyclic) bond motifs is 1. The maximum absolute atomic E-state index is 14.9. The molecule has 0 aromatic heterocycles. The van der Waals surface area contributed by atoms with E-state index in [0.29, 0.717) is 26.1 Å². The van der Waals surface area contributed by atoms with E-state index >= 15 is 0 Å². The molecule has 4 rings (SSSR count). The standard InChI is InChI=1S/C24H31F2NOSi/c1-24(2,3)29(19-10-6-4-7-11-19,20-12-8-5-9-13-20)28-17-21-22(26)16-27-15-18(25)14-23(21)27/h4-13,18,21-23H,14-17H2,1-3H3. The predicted octanol–water partition coefficient (Wildman–Crippen LogP) is 3.94. The Bertz CT molecular complexity index is 771. The normalized spacial score (nSPS) is 27.9. The number of hydrogen-bond donors (Lipinski definition) is 0. The van der Waals surface area contributed by atoms with E-state index in [1.54, 1.807) is 0 Å². The van der Waals surface area contributed by atoms with E-state index in [9.17, 15) is 8.78 Å². The van der Waals surface area contributed by atoms with E-state index in [1.807, 2.05) is 17.0 Å². The molecular weight excluding hydrogens is 384 g/mol. The first-order valence-corrected chi connectivity index (χ1v) is 12.5. The minimum atomic E-state index is -2.69. The van der Waals surface area contributed by atoms with Crippen LogP contribution in [-0.4, -0.2) is 51.3 Å². The van der Waals surface area contributed by atoms with Gasteiger partial charge in [-0.15, -0.1) is 0 Å². The molecule has 5 heteroatoms. The van der Waals surface area contributed by atoms with E-state index in [-0.39, 0.29) is 17.0 Å². The average Bonchev–Trinajstić information content (AvgIpc) is 3.18. The van der Waals surface area contributed by atoms with Gasteiger partial charge in [-0.3, -0.25) is 4.90 Å². The van der Waals surface area contributed by atoms with Crippen molar-refractivity contribution in [1.29, 1.82) is 0 Å². The van der Waals surface area contributed by atoms with Crippen molar-refractivity contribution in [1.82, 2.24) is 4.90 Å². The van der Waals surface area contributed by atoms with Gasteiger partial charge in [-0.05, 0) is 21.8 Å². The Kier molecular flexibility index (Phi) is 5.66. The Hall–Kier alpha value is -1.56. The summed E-state index contributed by atoms with van der Waals surface area (Å²) in [5.74, 6) is -0.266. The first-order valence-electron chi connectivity index (χ1n) is 10.6.